The molecule has 5 heteroatoms. The van der Waals surface area contributed by atoms with Crippen LogP contribution in [0.15, 0.2) is 29.2 Å². The van der Waals surface area contributed by atoms with E-state index in [0.717, 1.165) is 38.0 Å². The third kappa shape index (κ3) is 5.98. The number of nitrogens with one attached hydrogen (secondary N) is 1. The maximum atomic E-state index is 12.2. The summed E-state index contributed by atoms with van der Waals surface area (Å²) >= 11 is 1.75. The van der Waals surface area contributed by atoms with Crippen molar-refractivity contribution >= 4 is 23.5 Å². The van der Waals surface area contributed by atoms with Crippen molar-refractivity contribution in [2.45, 2.75) is 56.6 Å². The molecule has 4 nitrogen and oxygen atoms in total. The first-order valence-electron chi connectivity index (χ1n) is 8.26. The lowest BCUT2D eigenvalue weighted by Crippen LogP contribution is -2.37. The number of amides is 1. The first-order chi connectivity index (χ1) is 10.9. The summed E-state index contributed by atoms with van der Waals surface area (Å²) in [6.45, 7) is 7.25. The van der Waals surface area contributed by atoms with Crippen LogP contribution in [0.4, 0.5) is 10.5 Å². The second-order valence-electron chi connectivity index (χ2n) is 6.97. The van der Waals surface area contributed by atoms with Crippen LogP contribution in [0.1, 0.15) is 40.0 Å². The van der Waals surface area contributed by atoms with Crippen LogP contribution in [0.2, 0.25) is 0 Å². The Hall–Kier alpha value is -1.36. The molecule has 0 saturated carbocycles. The first-order valence-corrected chi connectivity index (χ1v) is 9.48. The van der Waals surface area contributed by atoms with Gasteiger partial charge in [0.1, 0.15) is 5.60 Å². The predicted octanol–water partition coefficient (Wildman–Crippen LogP) is 4.61. The smallest absolute Gasteiger partial charge is 0.410 e. The SMILES string of the molecule is CSc1ccc(NC2CCCN(C(=O)OC(C)(C)C)CC2)cc1. The van der Waals surface area contributed by atoms with E-state index in [1.165, 1.54) is 4.90 Å². The fourth-order valence-corrected chi connectivity index (χ4v) is 3.08. The predicted molar refractivity (Wildman–Crippen MR) is 97.3 cm³/mol. The zero-order chi connectivity index (χ0) is 16.9. The molecule has 0 spiro atoms. The number of benzene rings is 1. The highest BCUT2D eigenvalue weighted by molar-refractivity contribution is 7.98. The molecular weight excluding hydrogens is 308 g/mol. The van der Waals surface area contributed by atoms with Crippen LogP contribution in [0.3, 0.4) is 0 Å². The lowest BCUT2D eigenvalue weighted by atomic mass is 10.1. The van der Waals surface area contributed by atoms with E-state index in [9.17, 15) is 4.79 Å². The van der Waals surface area contributed by atoms with Gasteiger partial charge < -0.3 is 15.0 Å². The number of hydrogen-bond donors (Lipinski definition) is 1. The molecule has 1 aromatic carbocycles. The Morgan fingerprint density at radius 1 is 1.22 bits per heavy atom. The average Bonchev–Trinajstić information content (AvgIpc) is 2.72. The van der Waals surface area contributed by atoms with Crippen molar-refractivity contribution in [2.24, 2.45) is 0 Å². The number of hydrogen-bond acceptors (Lipinski definition) is 4. The minimum absolute atomic E-state index is 0.192. The monoisotopic (exact) mass is 336 g/mol. The van der Waals surface area contributed by atoms with E-state index < -0.39 is 5.60 Å². The molecule has 1 unspecified atom stereocenters. The van der Waals surface area contributed by atoms with E-state index >= 15 is 0 Å². The van der Waals surface area contributed by atoms with Crippen LogP contribution in [-0.2, 0) is 4.74 Å². The number of thioether (sulfide) groups is 1. The second kappa shape index (κ2) is 7.95. The Balaban J connectivity index is 1.86. The third-order valence-electron chi connectivity index (χ3n) is 3.84. The first kappa shape index (κ1) is 18.0. The van der Waals surface area contributed by atoms with E-state index in [-0.39, 0.29) is 6.09 Å². The van der Waals surface area contributed by atoms with Gasteiger partial charge >= 0.3 is 6.09 Å². The van der Waals surface area contributed by atoms with E-state index in [1.54, 1.807) is 11.8 Å². The van der Waals surface area contributed by atoms with Crippen LogP contribution in [0.25, 0.3) is 0 Å². The Morgan fingerprint density at radius 3 is 2.52 bits per heavy atom. The second-order valence-corrected chi connectivity index (χ2v) is 7.85. The van der Waals surface area contributed by atoms with Crippen molar-refractivity contribution in [3.05, 3.63) is 24.3 Å². The molecule has 128 valence electrons. The molecule has 1 N–H and O–H groups in total. The van der Waals surface area contributed by atoms with Crippen LogP contribution in [-0.4, -0.2) is 42.0 Å². The minimum atomic E-state index is -0.430. The van der Waals surface area contributed by atoms with Gasteiger partial charge in [0.05, 0.1) is 0 Å². The van der Waals surface area contributed by atoms with Crippen molar-refractivity contribution in [1.82, 2.24) is 4.90 Å². The molecule has 2 rings (SSSR count). The molecule has 0 radical (unpaired) electrons. The zero-order valence-electron chi connectivity index (χ0n) is 14.6. The summed E-state index contributed by atoms with van der Waals surface area (Å²) in [6.07, 6.45) is 4.91. The fraction of sp³-hybridized carbons (Fsp3) is 0.611. The summed E-state index contributed by atoms with van der Waals surface area (Å²) in [5.74, 6) is 0. The van der Waals surface area contributed by atoms with E-state index in [1.807, 2.05) is 25.7 Å². The highest BCUT2D eigenvalue weighted by Gasteiger charge is 2.25. The molecule has 0 bridgehead atoms. The molecule has 0 aliphatic carbocycles. The molecule has 23 heavy (non-hydrogen) atoms. The van der Waals surface area contributed by atoms with Crippen molar-refractivity contribution in [3.63, 3.8) is 0 Å². The number of ether oxygens (including phenoxy) is 1. The van der Waals surface area contributed by atoms with Crippen molar-refractivity contribution < 1.29 is 9.53 Å². The van der Waals surface area contributed by atoms with Crippen molar-refractivity contribution in [3.8, 4) is 0 Å². The number of rotatable bonds is 3. The maximum Gasteiger partial charge on any atom is 0.410 e. The summed E-state index contributed by atoms with van der Waals surface area (Å²) in [4.78, 5) is 15.3. The Bertz CT molecular complexity index is 511. The zero-order valence-corrected chi connectivity index (χ0v) is 15.4. The van der Waals surface area contributed by atoms with Crippen LogP contribution in [0.5, 0.6) is 0 Å². The van der Waals surface area contributed by atoms with Gasteiger partial charge in [-0.2, -0.15) is 0 Å². The number of carbonyl (C=O) groups is 1. The summed E-state index contributed by atoms with van der Waals surface area (Å²) in [5.41, 5.74) is 0.721. The van der Waals surface area contributed by atoms with Gasteiger partial charge in [0.25, 0.3) is 0 Å². The quantitative estimate of drug-likeness (QED) is 0.819. The fourth-order valence-electron chi connectivity index (χ4n) is 2.67. The molecule has 1 aliphatic heterocycles. The van der Waals surface area contributed by atoms with E-state index in [0.29, 0.717) is 6.04 Å². The summed E-state index contributed by atoms with van der Waals surface area (Å²) < 4.78 is 5.48. The van der Waals surface area contributed by atoms with Gasteiger partial charge in [-0.25, -0.2) is 4.79 Å². The Kier molecular flexibility index (Phi) is 6.22. The molecule has 1 saturated heterocycles. The standard InChI is InChI=1S/C18H28N2O2S/c1-18(2,3)22-17(21)20-12-5-6-14(11-13-20)19-15-7-9-16(23-4)10-8-15/h7-10,14,19H,5-6,11-13H2,1-4H3. The lowest BCUT2D eigenvalue weighted by molar-refractivity contribution is 0.0256. The average molecular weight is 337 g/mol. The summed E-state index contributed by atoms with van der Waals surface area (Å²) in [7, 11) is 0. The Morgan fingerprint density at radius 2 is 1.91 bits per heavy atom. The van der Waals surface area contributed by atoms with Crippen LogP contribution in [0, 0.1) is 0 Å². The Labute approximate surface area is 144 Å². The van der Waals surface area contributed by atoms with Gasteiger partial charge in [-0.1, -0.05) is 0 Å². The normalized spacial score (nSPS) is 19.1. The van der Waals surface area contributed by atoms with Gasteiger partial charge in [0, 0.05) is 29.7 Å². The van der Waals surface area contributed by atoms with E-state index in [4.69, 9.17) is 4.74 Å². The van der Waals surface area contributed by atoms with Gasteiger partial charge in [-0.3, -0.25) is 0 Å². The number of anilines is 1. The molecule has 1 amide bonds. The number of nitrogens with zero attached hydrogens (tertiary/aromatic N) is 1. The van der Waals surface area contributed by atoms with Gasteiger partial charge in [0.15, 0.2) is 0 Å². The third-order valence-corrected chi connectivity index (χ3v) is 4.58. The van der Waals surface area contributed by atoms with Crippen LogP contribution >= 0.6 is 11.8 Å². The number of carbonyl (C=O) groups excluding carboxylic acids is 1. The summed E-state index contributed by atoms with van der Waals surface area (Å²) in [6, 6.07) is 8.93. The molecular formula is C18H28N2O2S. The van der Waals surface area contributed by atoms with Gasteiger partial charge in [-0.15, -0.1) is 11.8 Å². The molecule has 1 atom stereocenters. The van der Waals surface area contributed by atoms with Crippen LogP contribution < -0.4 is 5.32 Å². The topological polar surface area (TPSA) is 41.6 Å². The van der Waals surface area contributed by atoms with Gasteiger partial charge in [0.2, 0.25) is 0 Å². The largest absolute Gasteiger partial charge is 0.444 e. The molecule has 1 aromatic rings. The van der Waals surface area contributed by atoms with Gasteiger partial charge in [-0.05, 0) is 70.6 Å². The maximum absolute atomic E-state index is 12.2. The van der Waals surface area contributed by atoms with Crippen molar-refractivity contribution in [2.75, 3.05) is 24.7 Å². The molecule has 1 fully saturated rings. The molecule has 1 aliphatic rings. The van der Waals surface area contributed by atoms with Crippen molar-refractivity contribution in [1.29, 1.82) is 0 Å². The minimum Gasteiger partial charge on any atom is -0.444 e. The highest BCUT2D eigenvalue weighted by atomic mass is 32.2. The number of likely N-dealkylation sites (tertiary alicyclic amines) is 1. The lowest BCUT2D eigenvalue weighted by Gasteiger charge is -2.26. The summed E-state index contributed by atoms with van der Waals surface area (Å²) in [5, 5.41) is 3.59. The highest BCUT2D eigenvalue weighted by Crippen LogP contribution is 2.21. The molecule has 0 aromatic heterocycles. The van der Waals surface area contributed by atoms with E-state index in [2.05, 4.69) is 35.8 Å². The molecule has 1 heterocycles.